The Balaban J connectivity index is 0. The van der Waals surface area contributed by atoms with Gasteiger partial charge in [0.1, 0.15) is 0 Å². The molecular formula is C9H23N. The van der Waals surface area contributed by atoms with Crippen LogP contribution in [0.5, 0.6) is 0 Å². The van der Waals surface area contributed by atoms with Crippen LogP contribution >= 0.6 is 0 Å². The van der Waals surface area contributed by atoms with Crippen molar-refractivity contribution in [1.29, 1.82) is 0 Å². The van der Waals surface area contributed by atoms with Crippen molar-refractivity contribution < 1.29 is 0 Å². The van der Waals surface area contributed by atoms with Crippen LogP contribution in [0.3, 0.4) is 0 Å². The van der Waals surface area contributed by atoms with Gasteiger partial charge in [-0.05, 0) is 26.6 Å². The highest BCUT2D eigenvalue weighted by Gasteiger charge is 1.92. The molecular weight excluding hydrogens is 122 g/mol. The van der Waals surface area contributed by atoms with E-state index in [2.05, 4.69) is 46.7 Å². The molecule has 0 heterocycles. The lowest BCUT2D eigenvalue weighted by molar-refractivity contribution is 0.354. The van der Waals surface area contributed by atoms with Crippen LogP contribution in [0.25, 0.3) is 0 Å². The first-order chi connectivity index (χ1) is 4.54. The lowest BCUT2D eigenvalue weighted by Crippen LogP contribution is -2.17. The van der Waals surface area contributed by atoms with Gasteiger partial charge < -0.3 is 4.90 Å². The monoisotopic (exact) mass is 145 g/mol. The Labute approximate surface area is 66.4 Å². The van der Waals surface area contributed by atoms with E-state index in [0.717, 1.165) is 5.92 Å². The van der Waals surface area contributed by atoms with Crippen molar-refractivity contribution in [2.75, 3.05) is 20.6 Å². The van der Waals surface area contributed by atoms with Gasteiger partial charge in [0.15, 0.2) is 0 Å². The molecule has 10 heavy (non-hydrogen) atoms. The third-order valence-corrected chi connectivity index (χ3v) is 0.730. The summed E-state index contributed by atoms with van der Waals surface area (Å²) in [5.41, 5.74) is 0. The minimum atomic E-state index is 0.801. The van der Waals surface area contributed by atoms with E-state index in [1.165, 1.54) is 13.0 Å². The zero-order valence-electron chi connectivity index (χ0n) is 8.44. The molecule has 0 aliphatic rings. The fourth-order valence-electron chi connectivity index (χ4n) is 0.730. The number of rotatable bonds is 2. The van der Waals surface area contributed by atoms with Gasteiger partial charge in [0, 0.05) is 0 Å². The lowest BCUT2D eigenvalue weighted by atomic mass is 10.2. The van der Waals surface area contributed by atoms with Crippen molar-refractivity contribution in [3.63, 3.8) is 0 Å². The minimum Gasteiger partial charge on any atom is -0.309 e. The Morgan fingerprint density at radius 2 is 1.40 bits per heavy atom. The predicted octanol–water partition coefficient (Wildman–Crippen LogP) is 2.62. The molecule has 0 unspecified atom stereocenters. The average molecular weight is 145 g/mol. The molecule has 0 amide bonds. The third-order valence-electron chi connectivity index (χ3n) is 0.730. The summed E-state index contributed by atoms with van der Waals surface area (Å²) in [6, 6.07) is 0. The van der Waals surface area contributed by atoms with E-state index in [4.69, 9.17) is 0 Å². The molecule has 64 valence electrons. The van der Waals surface area contributed by atoms with Gasteiger partial charge in [-0.2, -0.15) is 0 Å². The largest absolute Gasteiger partial charge is 0.309 e. The Kier molecular flexibility index (Phi) is 11.3. The van der Waals surface area contributed by atoms with Crippen molar-refractivity contribution in [3.05, 3.63) is 0 Å². The number of nitrogens with zero attached hydrogens (tertiary/aromatic N) is 1. The molecule has 0 bridgehead atoms. The van der Waals surface area contributed by atoms with Crippen LogP contribution in [0, 0.1) is 5.92 Å². The van der Waals surface area contributed by atoms with Crippen LogP contribution in [0.2, 0.25) is 0 Å². The van der Waals surface area contributed by atoms with Gasteiger partial charge in [0.2, 0.25) is 0 Å². The molecule has 0 atom stereocenters. The molecule has 0 aromatic carbocycles. The molecule has 0 fully saturated rings. The summed E-state index contributed by atoms with van der Waals surface area (Å²) in [4.78, 5) is 2.20. The molecule has 0 saturated heterocycles. The van der Waals surface area contributed by atoms with E-state index in [-0.39, 0.29) is 0 Å². The summed E-state index contributed by atoms with van der Waals surface area (Å²) in [5.74, 6) is 0.801. The SMILES string of the molecule is CC(C)CN(C)C.CCC. The summed E-state index contributed by atoms with van der Waals surface area (Å²) in [6.45, 7) is 9.89. The maximum absolute atomic E-state index is 2.22. The third kappa shape index (κ3) is 24.6. The minimum absolute atomic E-state index is 0.801. The summed E-state index contributed by atoms with van der Waals surface area (Å²) < 4.78 is 0. The zero-order chi connectivity index (χ0) is 8.57. The van der Waals surface area contributed by atoms with E-state index in [0.29, 0.717) is 0 Å². The van der Waals surface area contributed by atoms with Gasteiger partial charge >= 0.3 is 0 Å². The molecule has 1 heteroatoms. The summed E-state index contributed by atoms with van der Waals surface area (Å²) in [5, 5.41) is 0. The van der Waals surface area contributed by atoms with Gasteiger partial charge in [-0.25, -0.2) is 0 Å². The second-order valence-electron chi connectivity index (χ2n) is 3.36. The standard InChI is InChI=1S/C6H15N.C3H8/c1-6(2)5-7(3)4;1-3-2/h6H,5H2,1-4H3;3H2,1-2H3. The Bertz CT molecular complexity index is 42.7. The average Bonchev–Trinajstić information content (AvgIpc) is 1.62. The van der Waals surface area contributed by atoms with Crippen LogP contribution in [0.4, 0.5) is 0 Å². The van der Waals surface area contributed by atoms with Crippen LogP contribution in [0.15, 0.2) is 0 Å². The molecule has 0 N–H and O–H groups in total. The topological polar surface area (TPSA) is 3.24 Å². The first-order valence-electron chi connectivity index (χ1n) is 4.19. The number of hydrogen-bond acceptors (Lipinski definition) is 1. The quantitative estimate of drug-likeness (QED) is 0.577. The fourth-order valence-corrected chi connectivity index (χ4v) is 0.730. The maximum atomic E-state index is 2.22. The van der Waals surface area contributed by atoms with Gasteiger partial charge in [-0.1, -0.05) is 34.1 Å². The Hall–Kier alpha value is -0.0400. The second kappa shape index (κ2) is 8.96. The lowest BCUT2D eigenvalue weighted by Gasteiger charge is -2.10. The predicted molar refractivity (Wildman–Crippen MR) is 49.4 cm³/mol. The van der Waals surface area contributed by atoms with Gasteiger partial charge in [-0.15, -0.1) is 0 Å². The summed E-state index contributed by atoms with van der Waals surface area (Å²) >= 11 is 0. The molecule has 0 aliphatic carbocycles. The molecule has 0 spiro atoms. The van der Waals surface area contributed by atoms with Crippen LogP contribution in [-0.4, -0.2) is 25.5 Å². The van der Waals surface area contributed by atoms with Crippen molar-refractivity contribution >= 4 is 0 Å². The normalized spacial score (nSPS) is 9.60. The van der Waals surface area contributed by atoms with E-state index >= 15 is 0 Å². The Morgan fingerprint density at radius 1 is 1.10 bits per heavy atom. The fraction of sp³-hybridized carbons (Fsp3) is 1.00. The van der Waals surface area contributed by atoms with Crippen molar-refractivity contribution in [2.45, 2.75) is 34.1 Å². The van der Waals surface area contributed by atoms with Crippen molar-refractivity contribution in [3.8, 4) is 0 Å². The van der Waals surface area contributed by atoms with Gasteiger partial charge in [0.25, 0.3) is 0 Å². The van der Waals surface area contributed by atoms with E-state index in [9.17, 15) is 0 Å². The van der Waals surface area contributed by atoms with Gasteiger partial charge in [0.05, 0.1) is 0 Å². The summed E-state index contributed by atoms with van der Waals surface area (Å²) in [7, 11) is 4.19. The number of hydrogen-bond donors (Lipinski definition) is 0. The maximum Gasteiger partial charge on any atom is -0.000172 e. The smallest absolute Gasteiger partial charge is 0.000172 e. The molecule has 0 aromatic heterocycles. The highest BCUT2D eigenvalue weighted by molar-refractivity contribution is 4.46. The zero-order valence-corrected chi connectivity index (χ0v) is 8.44. The second-order valence-corrected chi connectivity index (χ2v) is 3.36. The van der Waals surface area contributed by atoms with E-state index in [1.807, 2.05) is 0 Å². The molecule has 0 radical (unpaired) electrons. The molecule has 0 saturated carbocycles. The summed E-state index contributed by atoms with van der Waals surface area (Å²) in [6.07, 6.45) is 1.25. The highest BCUT2D eigenvalue weighted by Crippen LogP contribution is 1.90. The van der Waals surface area contributed by atoms with Crippen LogP contribution in [0.1, 0.15) is 34.1 Å². The Morgan fingerprint density at radius 3 is 1.40 bits per heavy atom. The van der Waals surface area contributed by atoms with E-state index < -0.39 is 0 Å². The van der Waals surface area contributed by atoms with Gasteiger partial charge in [-0.3, -0.25) is 0 Å². The molecule has 0 aliphatic heterocycles. The molecule has 0 aromatic rings. The van der Waals surface area contributed by atoms with E-state index in [1.54, 1.807) is 0 Å². The van der Waals surface area contributed by atoms with Crippen LogP contribution in [-0.2, 0) is 0 Å². The van der Waals surface area contributed by atoms with Crippen molar-refractivity contribution in [2.24, 2.45) is 5.92 Å². The first kappa shape index (κ1) is 12.6. The highest BCUT2D eigenvalue weighted by atomic mass is 15.0. The molecule has 0 rings (SSSR count). The van der Waals surface area contributed by atoms with Crippen molar-refractivity contribution in [1.82, 2.24) is 4.90 Å². The first-order valence-corrected chi connectivity index (χ1v) is 4.19. The van der Waals surface area contributed by atoms with Crippen LogP contribution < -0.4 is 0 Å². The molecule has 1 nitrogen and oxygen atoms in total.